The fourth-order valence-electron chi connectivity index (χ4n) is 2.15. The van der Waals surface area contributed by atoms with E-state index in [9.17, 15) is 0 Å². The molecule has 0 radical (unpaired) electrons. The van der Waals surface area contributed by atoms with Gasteiger partial charge in [-0.05, 0) is 24.5 Å². The fourth-order valence-corrected chi connectivity index (χ4v) is 2.15. The van der Waals surface area contributed by atoms with Crippen LogP contribution in [0.4, 0.5) is 5.69 Å². The topological polar surface area (TPSA) is 36.4 Å². The van der Waals surface area contributed by atoms with Crippen molar-refractivity contribution < 1.29 is 5.11 Å². The molecule has 1 aromatic heterocycles. The quantitative estimate of drug-likeness (QED) is 0.819. The van der Waals surface area contributed by atoms with Crippen LogP contribution in [-0.2, 0) is 6.61 Å². The molecule has 2 heterocycles. The molecular weight excluding hydrogens is 188 g/mol. The average molecular weight is 206 g/mol. The van der Waals surface area contributed by atoms with Crippen LogP contribution in [0, 0.1) is 5.92 Å². The molecule has 1 aliphatic heterocycles. The largest absolute Gasteiger partial charge is 0.390 e. The molecule has 0 aromatic carbocycles. The molecule has 1 fully saturated rings. The Bertz CT molecular complexity index is 327. The Hall–Kier alpha value is -1.09. The van der Waals surface area contributed by atoms with Crippen LogP contribution in [0.25, 0.3) is 0 Å². The second kappa shape index (κ2) is 4.62. The molecule has 0 saturated carbocycles. The van der Waals surface area contributed by atoms with Crippen molar-refractivity contribution in [3.05, 3.63) is 24.0 Å². The SMILES string of the molecule is CCC1CCN(c2ccnc(CO)c2)C1. The molecule has 0 amide bonds. The van der Waals surface area contributed by atoms with Gasteiger partial charge in [0.05, 0.1) is 12.3 Å². The smallest absolute Gasteiger partial charge is 0.0853 e. The fraction of sp³-hybridized carbons (Fsp3) is 0.583. The van der Waals surface area contributed by atoms with Gasteiger partial charge in [0.2, 0.25) is 0 Å². The monoisotopic (exact) mass is 206 g/mol. The number of rotatable bonds is 3. The molecule has 1 unspecified atom stereocenters. The van der Waals surface area contributed by atoms with E-state index in [1.165, 1.54) is 18.5 Å². The Balaban J connectivity index is 2.09. The van der Waals surface area contributed by atoms with Gasteiger partial charge in [-0.15, -0.1) is 0 Å². The van der Waals surface area contributed by atoms with Crippen molar-refractivity contribution in [1.82, 2.24) is 4.98 Å². The Morgan fingerprint density at radius 3 is 3.13 bits per heavy atom. The van der Waals surface area contributed by atoms with Crippen molar-refractivity contribution in [2.24, 2.45) is 5.92 Å². The molecular formula is C12H18N2O. The van der Waals surface area contributed by atoms with E-state index < -0.39 is 0 Å². The second-order valence-corrected chi connectivity index (χ2v) is 4.17. The maximum Gasteiger partial charge on any atom is 0.0853 e. The first-order valence-corrected chi connectivity index (χ1v) is 5.64. The summed E-state index contributed by atoms with van der Waals surface area (Å²) < 4.78 is 0. The predicted octanol–water partition coefficient (Wildman–Crippen LogP) is 1.81. The van der Waals surface area contributed by atoms with E-state index in [-0.39, 0.29) is 6.61 Å². The number of pyridine rings is 1. The zero-order chi connectivity index (χ0) is 10.7. The summed E-state index contributed by atoms with van der Waals surface area (Å²) >= 11 is 0. The van der Waals surface area contributed by atoms with E-state index in [1.807, 2.05) is 12.1 Å². The van der Waals surface area contributed by atoms with Crippen LogP contribution in [0.1, 0.15) is 25.5 Å². The van der Waals surface area contributed by atoms with E-state index in [1.54, 1.807) is 6.20 Å². The van der Waals surface area contributed by atoms with Crippen LogP contribution in [0.15, 0.2) is 18.3 Å². The van der Waals surface area contributed by atoms with Crippen molar-refractivity contribution in [1.29, 1.82) is 0 Å². The Kier molecular flexibility index (Phi) is 3.21. The molecule has 1 saturated heterocycles. The molecule has 3 nitrogen and oxygen atoms in total. The summed E-state index contributed by atoms with van der Waals surface area (Å²) in [6.07, 6.45) is 4.32. The minimum Gasteiger partial charge on any atom is -0.390 e. The van der Waals surface area contributed by atoms with Gasteiger partial charge in [-0.3, -0.25) is 4.98 Å². The van der Waals surface area contributed by atoms with E-state index in [4.69, 9.17) is 5.11 Å². The number of hydrogen-bond donors (Lipinski definition) is 1. The second-order valence-electron chi connectivity index (χ2n) is 4.17. The summed E-state index contributed by atoms with van der Waals surface area (Å²) in [7, 11) is 0. The van der Waals surface area contributed by atoms with Crippen molar-refractivity contribution >= 4 is 5.69 Å². The van der Waals surface area contributed by atoms with Crippen LogP contribution in [0.5, 0.6) is 0 Å². The molecule has 0 aliphatic carbocycles. The van der Waals surface area contributed by atoms with E-state index >= 15 is 0 Å². The van der Waals surface area contributed by atoms with Crippen molar-refractivity contribution in [2.45, 2.75) is 26.4 Å². The van der Waals surface area contributed by atoms with Crippen LogP contribution in [-0.4, -0.2) is 23.2 Å². The first-order chi connectivity index (χ1) is 7.33. The molecule has 1 aliphatic rings. The molecule has 1 aromatic rings. The van der Waals surface area contributed by atoms with Crippen molar-refractivity contribution in [3.8, 4) is 0 Å². The standard InChI is InChI=1S/C12H18N2O/c1-2-10-4-6-14(8-10)12-3-5-13-11(7-12)9-15/h3,5,7,10,15H,2,4,6,8-9H2,1H3. The molecule has 1 atom stereocenters. The van der Waals surface area contributed by atoms with Gasteiger partial charge in [-0.25, -0.2) is 0 Å². The third-order valence-corrected chi connectivity index (χ3v) is 3.19. The number of anilines is 1. The lowest BCUT2D eigenvalue weighted by Crippen LogP contribution is -2.19. The lowest BCUT2D eigenvalue weighted by atomic mass is 10.1. The Labute approximate surface area is 90.8 Å². The molecule has 2 rings (SSSR count). The zero-order valence-electron chi connectivity index (χ0n) is 9.19. The first-order valence-electron chi connectivity index (χ1n) is 5.64. The number of hydrogen-bond acceptors (Lipinski definition) is 3. The van der Waals surface area contributed by atoms with Gasteiger partial charge in [0.15, 0.2) is 0 Å². The maximum absolute atomic E-state index is 9.02. The third kappa shape index (κ3) is 2.29. The highest BCUT2D eigenvalue weighted by Gasteiger charge is 2.21. The van der Waals surface area contributed by atoms with Crippen LogP contribution in [0.2, 0.25) is 0 Å². The van der Waals surface area contributed by atoms with Gasteiger partial charge in [0.1, 0.15) is 0 Å². The van der Waals surface area contributed by atoms with Gasteiger partial charge < -0.3 is 10.0 Å². The third-order valence-electron chi connectivity index (χ3n) is 3.19. The summed E-state index contributed by atoms with van der Waals surface area (Å²) in [5.41, 5.74) is 1.96. The number of nitrogens with zero attached hydrogens (tertiary/aromatic N) is 2. The van der Waals surface area contributed by atoms with Crippen LogP contribution in [0.3, 0.4) is 0 Å². The molecule has 82 valence electrons. The zero-order valence-corrected chi connectivity index (χ0v) is 9.19. The maximum atomic E-state index is 9.02. The lowest BCUT2D eigenvalue weighted by molar-refractivity contribution is 0.277. The van der Waals surface area contributed by atoms with E-state index in [0.29, 0.717) is 0 Å². The minimum absolute atomic E-state index is 0.0267. The first kappa shape index (κ1) is 10.4. The van der Waals surface area contributed by atoms with Crippen LogP contribution < -0.4 is 4.90 Å². The number of aliphatic hydroxyl groups is 1. The number of aliphatic hydroxyl groups excluding tert-OH is 1. The van der Waals surface area contributed by atoms with Gasteiger partial charge in [0, 0.05) is 25.0 Å². The van der Waals surface area contributed by atoms with Crippen molar-refractivity contribution in [3.63, 3.8) is 0 Å². The normalized spacial score (nSPS) is 20.9. The lowest BCUT2D eigenvalue weighted by Gasteiger charge is -2.18. The summed E-state index contributed by atoms with van der Waals surface area (Å²) in [6, 6.07) is 4.01. The summed E-state index contributed by atoms with van der Waals surface area (Å²) in [4.78, 5) is 6.48. The molecule has 1 N–H and O–H groups in total. The van der Waals surface area contributed by atoms with Gasteiger partial charge >= 0.3 is 0 Å². The summed E-state index contributed by atoms with van der Waals surface area (Å²) in [6.45, 7) is 4.55. The highest BCUT2D eigenvalue weighted by atomic mass is 16.3. The van der Waals surface area contributed by atoms with Crippen LogP contribution >= 0.6 is 0 Å². The molecule has 0 bridgehead atoms. The van der Waals surface area contributed by atoms with Crippen molar-refractivity contribution in [2.75, 3.05) is 18.0 Å². The molecule has 0 spiro atoms. The van der Waals surface area contributed by atoms with E-state index in [2.05, 4.69) is 16.8 Å². The van der Waals surface area contributed by atoms with Gasteiger partial charge in [-0.1, -0.05) is 13.3 Å². The Morgan fingerprint density at radius 1 is 1.60 bits per heavy atom. The summed E-state index contributed by atoms with van der Waals surface area (Å²) in [5.74, 6) is 0.829. The molecule has 3 heteroatoms. The summed E-state index contributed by atoms with van der Waals surface area (Å²) in [5, 5.41) is 9.02. The molecule has 15 heavy (non-hydrogen) atoms. The minimum atomic E-state index is 0.0267. The van der Waals surface area contributed by atoms with Gasteiger partial charge in [-0.2, -0.15) is 0 Å². The van der Waals surface area contributed by atoms with E-state index in [0.717, 1.165) is 24.7 Å². The Morgan fingerprint density at radius 2 is 2.47 bits per heavy atom. The van der Waals surface area contributed by atoms with Gasteiger partial charge in [0.25, 0.3) is 0 Å². The highest BCUT2D eigenvalue weighted by Crippen LogP contribution is 2.25. The average Bonchev–Trinajstić information content (AvgIpc) is 2.78. The number of aromatic nitrogens is 1. The highest BCUT2D eigenvalue weighted by molar-refractivity contribution is 5.47. The predicted molar refractivity (Wildman–Crippen MR) is 60.8 cm³/mol.